The Kier molecular flexibility index (Phi) is 2.56. The van der Waals surface area contributed by atoms with Gasteiger partial charge in [0, 0.05) is 19.3 Å². The Labute approximate surface area is 93.4 Å². The number of nitrogens with zero attached hydrogens (tertiary/aromatic N) is 4. The average molecular weight is 213 g/mol. The number of nitrogens with one attached hydrogen (secondary N) is 1. The van der Waals surface area contributed by atoms with Gasteiger partial charge in [0.2, 0.25) is 0 Å². The first-order chi connectivity index (χ1) is 7.70. The van der Waals surface area contributed by atoms with Crippen LogP contribution in [0.25, 0.3) is 0 Å². The summed E-state index contributed by atoms with van der Waals surface area (Å²) in [6, 6.07) is 7.52. The van der Waals surface area contributed by atoms with Gasteiger partial charge in [-0.05, 0) is 19.1 Å². The van der Waals surface area contributed by atoms with E-state index >= 15 is 0 Å². The van der Waals surface area contributed by atoms with E-state index in [1.165, 1.54) is 0 Å². The predicted molar refractivity (Wildman–Crippen MR) is 60.3 cm³/mol. The van der Waals surface area contributed by atoms with Gasteiger partial charge >= 0.3 is 0 Å². The van der Waals surface area contributed by atoms with Crippen molar-refractivity contribution in [2.45, 2.75) is 6.92 Å². The first-order valence-electron chi connectivity index (χ1n) is 4.83. The lowest BCUT2D eigenvalue weighted by atomic mass is 10.4. The van der Waals surface area contributed by atoms with E-state index in [9.17, 15) is 0 Å². The van der Waals surface area contributed by atoms with Gasteiger partial charge < -0.3 is 9.88 Å². The lowest BCUT2D eigenvalue weighted by Gasteiger charge is -2.16. The summed E-state index contributed by atoms with van der Waals surface area (Å²) in [6.07, 6.45) is 1.84. The summed E-state index contributed by atoms with van der Waals surface area (Å²) in [6.45, 7) is 1.77. The van der Waals surface area contributed by atoms with Crippen molar-refractivity contribution in [3.8, 4) is 6.07 Å². The SMILES string of the molecule is Cc1nc(C#N)cc(N(C)c2ccc[nH]2)n1. The summed E-state index contributed by atoms with van der Waals surface area (Å²) in [5.74, 6) is 2.21. The highest BCUT2D eigenvalue weighted by atomic mass is 15.2. The number of hydrogen-bond acceptors (Lipinski definition) is 4. The quantitative estimate of drug-likeness (QED) is 0.825. The van der Waals surface area contributed by atoms with Crippen LogP contribution in [-0.4, -0.2) is 22.0 Å². The van der Waals surface area contributed by atoms with Crippen LogP contribution in [0, 0.1) is 18.3 Å². The van der Waals surface area contributed by atoms with E-state index < -0.39 is 0 Å². The number of aromatic amines is 1. The third kappa shape index (κ3) is 1.86. The molecule has 0 aliphatic heterocycles. The summed E-state index contributed by atoms with van der Waals surface area (Å²) in [7, 11) is 1.88. The lowest BCUT2D eigenvalue weighted by Crippen LogP contribution is -2.13. The highest BCUT2D eigenvalue weighted by Gasteiger charge is 2.08. The van der Waals surface area contributed by atoms with E-state index in [0.29, 0.717) is 17.3 Å². The molecule has 16 heavy (non-hydrogen) atoms. The molecule has 2 aromatic rings. The second-order valence-electron chi connectivity index (χ2n) is 3.38. The number of H-pyrrole nitrogens is 1. The zero-order valence-electron chi connectivity index (χ0n) is 9.10. The molecule has 0 radical (unpaired) electrons. The van der Waals surface area contributed by atoms with Gasteiger partial charge in [-0.25, -0.2) is 9.97 Å². The summed E-state index contributed by atoms with van der Waals surface area (Å²) >= 11 is 0. The molecule has 5 nitrogen and oxygen atoms in total. The van der Waals surface area contributed by atoms with Gasteiger partial charge in [0.25, 0.3) is 0 Å². The first kappa shape index (κ1) is 10.2. The molecule has 0 aliphatic carbocycles. The molecule has 2 heterocycles. The van der Waals surface area contributed by atoms with Crippen molar-refractivity contribution in [2.75, 3.05) is 11.9 Å². The molecule has 0 spiro atoms. The minimum atomic E-state index is 0.376. The zero-order chi connectivity index (χ0) is 11.5. The molecule has 0 unspecified atom stereocenters. The molecule has 0 saturated heterocycles. The Hall–Kier alpha value is -2.35. The van der Waals surface area contributed by atoms with E-state index in [-0.39, 0.29) is 0 Å². The van der Waals surface area contributed by atoms with Gasteiger partial charge in [-0.2, -0.15) is 5.26 Å². The number of rotatable bonds is 2. The number of anilines is 2. The Morgan fingerprint density at radius 3 is 2.88 bits per heavy atom. The summed E-state index contributed by atoms with van der Waals surface area (Å²) in [5, 5.41) is 8.83. The number of aryl methyl sites for hydroxylation is 1. The third-order valence-corrected chi connectivity index (χ3v) is 2.23. The fraction of sp³-hybridized carbons (Fsp3) is 0.182. The molecule has 0 aliphatic rings. The first-order valence-corrected chi connectivity index (χ1v) is 4.83. The Bertz CT molecular complexity index is 524. The van der Waals surface area contributed by atoms with Crippen LogP contribution in [-0.2, 0) is 0 Å². The van der Waals surface area contributed by atoms with Crippen LogP contribution in [0.15, 0.2) is 24.4 Å². The van der Waals surface area contributed by atoms with Crippen LogP contribution in [0.5, 0.6) is 0 Å². The summed E-state index contributed by atoms with van der Waals surface area (Å²) in [4.78, 5) is 13.2. The molecule has 0 fully saturated rings. The second kappa shape index (κ2) is 4.03. The number of nitriles is 1. The maximum absolute atomic E-state index is 8.83. The van der Waals surface area contributed by atoms with Crippen LogP contribution in [0.4, 0.5) is 11.6 Å². The van der Waals surface area contributed by atoms with Crippen LogP contribution in [0.2, 0.25) is 0 Å². The van der Waals surface area contributed by atoms with E-state index in [0.717, 1.165) is 5.82 Å². The van der Waals surface area contributed by atoms with Gasteiger partial charge in [-0.1, -0.05) is 0 Å². The van der Waals surface area contributed by atoms with Crippen LogP contribution in [0.3, 0.4) is 0 Å². The highest BCUT2D eigenvalue weighted by molar-refractivity contribution is 5.56. The van der Waals surface area contributed by atoms with Crippen molar-refractivity contribution in [3.63, 3.8) is 0 Å². The molecule has 2 rings (SSSR count). The molecule has 80 valence electrons. The minimum absolute atomic E-state index is 0.376. The van der Waals surface area contributed by atoms with Crippen molar-refractivity contribution in [2.24, 2.45) is 0 Å². The minimum Gasteiger partial charge on any atom is -0.348 e. The molecule has 0 amide bonds. The van der Waals surface area contributed by atoms with Crippen LogP contribution in [0.1, 0.15) is 11.5 Å². The van der Waals surface area contributed by atoms with Crippen LogP contribution >= 0.6 is 0 Å². The molecular weight excluding hydrogens is 202 g/mol. The van der Waals surface area contributed by atoms with Gasteiger partial charge in [0.05, 0.1) is 0 Å². The maximum Gasteiger partial charge on any atom is 0.146 e. The third-order valence-electron chi connectivity index (χ3n) is 2.23. The van der Waals surface area contributed by atoms with Crippen molar-refractivity contribution < 1.29 is 0 Å². The largest absolute Gasteiger partial charge is 0.348 e. The molecule has 0 atom stereocenters. The molecule has 5 heteroatoms. The number of hydrogen-bond donors (Lipinski definition) is 1. The molecule has 0 aromatic carbocycles. The van der Waals surface area contributed by atoms with Crippen LogP contribution < -0.4 is 4.90 Å². The van der Waals surface area contributed by atoms with E-state index in [2.05, 4.69) is 15.0 Å². The fourth-order valence-corrected chi connectivity index (χ4v) is 1.43. The van der Waals surface area contributed by atoms with Gasteiger partial charge in [-0.15, -0.1) is 0 Å². The Morgan fingerprint density at radius 1 is 1.44 bits per heavy atom. The Balaban J connectivity index is 2.41. The van der Waals surface area contributed by atoms with Crippen molar-refractivity contribution in [1.82, 2.24) is 15.0 Å². The smallest absolute Gasteiger partial charge is 0.146 e. The maximum atomic E-state index is 8.83. The average Bonchev–Trinajstić information content (AvgIpc) is 2.80. The standard InChI is InChI=1S/C11H11N5/c1-8-14-9(7-12)6-11(15-8)16(2)10-4-3-5-13-10/h3-6,13H,1-2H3. The van der Waals surface area contributed by atoms with Gasteiger partial charge in [0.15, 0.2) is 0 Å². The van der Waals surface area contributed by atoms with E-state index in [1.54, 1.807) is 13.0 Å². The topological polar surface area (TPSA) is 68.6 Å². The normalized spacial score (nSPS) is 9.81. The second-order valence-corrected chi connectivity index (χ2v) is 3.38. The summed E-state index contributed by atoms with van der Waals surface area (Å²) in [5.41, 5.74) is 0.376. The van der Waals surface area contributed by atoms with E-state index in [1.807, 2.05) is 36.3 Å². The molecule has 0 bridgehead atoms. The molecule has 0 saturated carbocycles. The highest BCUT2D eigenvalue weighted by Crippen LogP contribution is 2.19. The number of aromatic nitrogens is 3. The fourth-order valence-electron chi connectivity index (χ4n) is 1.43. The summed E-state index contributed by atoms with van der Waals surface area (Å²) < 4.78 is 0. The van der Waals surface area contributed by atoms with Crippen molar-refractivity contribution >= 4 is 11.6 Å². The Morgan fingerprint density at radius 2 is 2.25 bits per heavy atom. The van der Waals surface area contributed by atoms with Gasteiger partial charge in [0.1, 0.15) is 29.2 Å². The van der Waals surface area contributed by atoms with E-state index in [4.69, 9.17) is 5.26 Å². The van der Waals surface area contributed by atoms with Gasteiger partial charge in [-0.3, -0.25) is 0 Å². The zero-order valence-corrected chi connectivity index (χ0v) is 9.10. The molecule has 2 aromatic heterocycles. The predicted octanol–water partition coefficient (Wildman–Crippen LogP) is 1.75. The van der Waals surface area contributed by atoms with Crippen molar-refractivity contribution in [3.05, 3.63) is 35.9 Å². The lowest BCUT2D eigenvalue weighted by molar-refractivity contribution is 0.992. The molecular formula is C11H11N5. The van der Waals surface area contributed by atoms with Crippen molar-refractivity contribution in [1.29, 1.82) is 5.26 Å². The monoisotopic (exact) mass is 213 g/mol. The molecule has 1 N–H and O–H groups in total.